The monoisotopic (exact) mass is 643 g/mol. The predicted octanol–water partition coefficient (Wildman–Crippen LogP) is 7.91. The first-order chi connectivity index (χ1) is 22.2. The summed E-state index contributed by atoms with van der Waals surface area (Å²) in [5.41, 5.74) is 1.94. The Morgan fingerprint density at radius 1 is 0.872 bits per heavy atom. The lowest BCUT2D eigenvalue weighted by molar-refractivity contribution is -0.153. The fourth-order valence-corrected chi connectivity index (χ4v) is 4.70. The quantitative estimate of drug-likeness (QED) is 0.164. The van der Waals surface area contributed by atoms with Crippen molar-refractivity contribution in [3.8, 4) is 22.6 Å². The second-order valence-corrected chi connectivity index (χ2v) is 13.1. The number of carbonyl (C=O) groups excluding carboxylic acids is 2. The van der Waals surface area contributed by atoms with Crippen molar-refractivity contribution in [1.82, 2.24) is 15.3 Å². The van der Waals surface area contributed by atoms with Crippen LogP contribution in [-0.2, 0) is 33.9 Å². The molecule has 1 atom stereocenters. The van der Waals surface area contributed by atoms with Crippen LogP contribution in [0.4, 0.5) is 9.18 Å². The zero-order valence-corrected chi connectivity index (χ0v) is 27.9. The summed E-state index contributed by atoms with van der Waals surface area (Å²) in [6.07, 6.45) is 2.48. The molecule has 10 heteroatoms. The second-order valence-electron chi connectivity index (χ2n) is 13.1. The van der Waals surface area contributed by atoms with Gasteiger partial charge in [-0.3, -0.25) is 4.79 Å². The summed E-state index contributed by atoms with van der Waals surface area (Å²) in [6.45, 7) is 12.7. The molecule has 1 heterocycles. The SMILES string of the molecule is CC(NC(=O)OC(C)(C)C)c1cccc(-c2cc(COc3ccccc3CC(=O)OC(C)(C)C)cc(OCc3ccncn3)c2)c1F. The number of benzene rings is 3. The van der Waals surface area contributed by atoms with Crippen LogP contribution < -0.4 is 14.8 Å². The molecular weight excluding hydrogens is 601 g/mol. The first kappa shape index (κ1) is 34.9. The van der Waals surface area contributed by atoms with Gasteiger partial charge in [0.25, 0.3) is 0 Å². The van der Waals surface area contributed by atoms with E-state index in [-0.39, 0.29) is 25.6 Å². The summed E-state index contributed by atoms with van der Waals surface area (Å²) in [5.74, 6) is 0.161. The molecule has 4 aromatic rings. The lowest BCUT2D eigenvalue weighted by atomic mass is 9.97. The molecule has 0 bridgehead atoms. The molecule has 248 valence electrons. The number of para-hydroxylation sites is 1. The van der Waals surface area contributed by atoms with Crippen molar-refractivity contribution in [3.63, 3.8) is 0 Å². The third-order valence-corrected chi connectivity index (χ3v) is 6.66. The number of halogens is 1. The van der Waals surface area contributed by atoms with E-state index in [0.29, 0.717) is 45.0 Å². The van der Waals surface area contributed by atoms with Crippen LogP contribution in [0.15, 0.2) is 79.3 Å². The molecule has 9 nitrogen and oxygen atoms in total. The summed E-state index contributed by atoms with van der Waals surface area (Å²) in [7, 11) is 0. The molecule has 1 unspecified atom stereocenters. The van der Waals surface area contributed by atoms with Crippen molar-refractivity contribution in [2.45, 2.75) is 85.3 Å². The summed E-state index contributed by atoms with van der Waals surface area (Å²) in [4.78, 5) is 33.1. The zero-order chi connectivity index (χ0) is 34.2. The summed E-state index contributed by atoms with van der Waals surface area (Å²) >= 11 is 0. The van der Waals surface area contributed by atoms with E-state index in [9.17, 15) is 9.59 Å². The summed E-state index contributed by atoms with van der Waals surface area (Å²) in [5, 5.41) is 2.71. The van der Waals surface area contributed by atoms with Gasteiger partial charge in [0.2, 0.25) is 0 Å². The van der Waals surface area contributed by atoms with E-state index in [4.69, 9.17) is 18.9 Å². The van der Waals surface area contributed by atoms with Crippen LogP contribution in [0.1, 0.15) is 76.9 Å². The normalized spacial score (nSPS) is 12.2. The number of rotatable bonds is 11. The van der Waals surface area contributed by atoms with Gasteiger partial charge in [-0.2, -0.15) is 0 Å². The molecule has 0 saturated heterocycles. The molecular formula is C37H42FN3O6. The van der Waals surface area contributed by atoms with Gasteiger partial charge in [-0.1, -0.05) is 36.4 Å². The minimum Gasteiger partial charge on any atom is -0.489 e. The Balaban J connectivity index is 1.62. The maximum atomic E-state index is 16.1. The van der Waals surface area contributed by atoms with Crippen molar-refractivity contribution < 1.29 is 32.9 Å². The standard InChI is InChI=1S/C37H42FN3O6/c1-24(41-35(43)47-37(5,6)7)30-12-10-13-31(34(30)38)27-17-25(18-29(19-27)44-22-28-15-16-39-23-40-28)21-45-32-14-9-8-11-26(32)20-33(42)46-36(2,3)4/h8-19,23-24H,20-22H2,1-7H3,(H,41,43). The highest BCUT2D eigenvalue weighted by atomic mass is 19.1. The molecule has 1 aromatic heterocycles. The van der Waals surface area contributed by atoms with Gasteiger partial charge >= 0.3 is 12.1 Å². The lowest BCUT2D eigenvalue weighted by Crippen LogP contribution is -2.34. The molecule has 0 spiro atoms. The highest BCUT2D eigenvalue weighted by Gasteiger charge is 2.22. The van der Waals surface area contributed by atoms with E-state index in [1.165, 1.54) is 6.33 Å². The molecule has 4 rings (SSSR count). The topological polar surface area (TPSA) is 109 Å². The number of ether oxygens (including phenoxy) is 4. The Bertz CT molecular complexity index is 1680. The molecule has 47 heavy (non-hydrogen) atoms. The smallest absolute Gasteiger partial charge is 0.408 e. The van der Waals surface area contributed by atoms with Gasteiger partial charge in [-0.15, -0.1) is 0 Å². The minimum absolute atomic E-state index is 0.0499. The van der Waals surface area contributed by atoms with Crippen LogP contribution in [0.5, 0.6) is 11.5 Å². The first-order valence-electron chi connectivity index (χ1n) is 15.4. The number of nitrogens with one attached hydrogen (secondary N) is 1. The van der Waals surface area contributed by atoms with E-state index in [1.54, 1.807) is 70.3 Å². The number of aromatic nitrogens is 2. The third-order valence-electron chi connectivity index (χ3n) is 6.66. The van der Waals surface area contributed by atoms with Crippen LogP contribution >= 0.6 is 0 Å². The summed E-state index contributed by atoms with van der Waals surface area (Å²) < 4.78 is 39.3. The highest BCUT2D eigenvalue weighted by Crippen LogP contribution is 2.33. The first-order valence-corrected chi connectivity index (χ1v) is 15.4. The Morgan fingerprint density at radius 2 is 1.62 bits per heavy atom. The maximum absolute atomic E-state index is 16.1. The molecule has 1 N–H and O–H groups in total. The van der Waals surface area contributed by atoms with Gasteiger partial charge in [0.15, 0.2) is 0 Å². The average molecular weight is 644 g/mol. The van der Waals surface area contributed by atoms with Crippen LogP contribution in [0.25, 0.3) is 11.1 Å². The predicted molar refractivity (Wildman–Crippen MR) is 176 cm³/mol. The number of esters is 1. The van der Waals surface area contributed by atoms with Crippen LogP contribution in [0, 0.1) is 5.82 Å². The number of hydrogen-bond acceptors (Lipinski definition) is 8. The van der Waals surface area contributed by atoms with Gasteiger partial charge in [0, 0.05) is 22.9 Å². The van der Waals surface area contributed by atoms with Crippen LogP contribution in [0.2, 0.25) is 0 Å². The fourth-order valence-electron chi connectivity index (χ4n) is 4.70. The van der Waals surface area contributed by atoms with E-state index >= 15 is 4.39 Å². The molecule has 1 amide bonds. The van der Waals surface area contributed by atoms with E-state index < -0.39 is 29.2 Å². The van der Waals surface area contributed by atoms with Gasteiger partial charge in [-0.25, -0.2) is 19.2 Å². The number of amides is 1. The Hall–Kier alpha value is -4.99. The van der Waals surface area contributed by atoms with Crippen LogP contribution in [0.3, 0.4) is 0 Å². The van der Waals surface area contributed by atoms with Crippen molar-refractivity contribution >= 4 is 12.1 Å². The summed E-state index contributed by atoms with van der Waals surface area (Å²) in [6, 6.07) is 18.8. The fraction of sp³-hybridized carbons (Fsp3) is 0.351. The number of hydrogen-bond donors (Lipinski definition) is 1. The number of carbonyl (C=O) groups is 2. The van der Waals surface area contributed by atoms with Gasteiger partial charge in [0.1, 0.15) is 48.1 Å². The van der Waals surface area contributed by atoms with E-state index in [2.05, 4.69) is 15.3 Å². The molecule has 0 aliphatic rings. The van der Waals surface area contributed by atoms with Gasteiger partial charge in [0.05, 0.1) is 18.2 Å². The molecule has 0 radical (unpaired) electrons. The second kappa shape index (κ2) is 15.1. The molecule has 0 saturated carbocycles. The van der Waals surface area contributed by atoms with Crippen LogP contribution in [-0.4, -0.2) is 33.2 Å². The van der Waals surface area contributed by atoms with Crippen molar-refractivity contribution in [1.29, 1.82) is 0 Å². The van der Waals surface area contributed by atoms with Crippen molar-refractivity contribution in [3.05, 3.63) is 107 Å². The maximum Gasteiger partial charge on any atom is 0.408 e. The largest absolute Gasteiger partial charge is 0.489 e. The Morgan fingerprint density at radius 3 is 2.32 bits per heavy atom. The minimum atomic E-state index is -0.689. The zero-order valence-electron chi connectivity index (χ0n) is 27.9. The third kappa shape index (κ3) is 10.8. The van der Waals surface area contributed by atoms with Crippen molar-refractivity contribution in [2.75, 3.05) is 0 Å². The molecule has 0 fully saturated rings. The van der Waals surface area contributed by atoms with Gasteiger partial charge < -0.3 is 24.3 Å². The van der Waals surface area contributed by atoms with E-state index in [1.807, 2.05) is 51.1 Å². The molecule has 0 aliphatic carbocycles. The van der Waals surface area contributed by atoms with Gasteiger partial charge in [-0.05, 0) is 89.9 Å². The highest BCUT2D eigenvalue weighted by molar-refractivity contribution is 5.74. The lowest BCUT2D eigenvalue weighted by Gasteiger charge is -2.22. The number of alkyl carbamates (subject to hydrolysis) is 1. The van der Waals surface area contributed by atoms with E-state index in [0.717, 1.165) is 0 Å². The molecule has 3 aromatic carbocycles. The molecule has 0 aliphatic heterocycles. The Kier molecular flexibility index (Phi) is 11.2. The van der Waals surface area contributed by atoms with Crippen molar-refractivity contribution in [2.24, 2.45) is 0 Å². The average Bonchev–Trinajstić information content (AvgIpc) is 2.98. The Labute approximate surface area is 275 Å². The number of nitrogens with zero attached hydrogens (tertiary/aromatic N) is 2.